The predicted octanol–water partition coefficient (Wildman–Crippen LogP) is 1.64. The number of anilines is 1. The molecule has 4 rings (SSSR count). The number of hydrogen-bond acceptors (Lipinski definition) is 5. The van der Waals surface area contributed by atoms with Crippen molar-refractivity contribution in [3.8, 4) is 5.75 Å². The third kappa shape index (κ3) is 2.99. The van der Waals surface area contributed by atoms with Crippen LogP contribution in [0, 0.1) is 11.7 Å². The quantitative estimate of drug-likeness (QED) is 0.823. The molecule has 2 atom stereocenters. The van der Waals surface area contributed by atoms with Gasteiger partial charge in [-0.3, -0.25) is 14.3 Å². The summed E-state index contributed by atoms with van der Waals surface area (Å²) < 4.78 is 34.8. The van der Waals surface area contributed by atoms with E-state index in [2.05, 4.69) is 4.98 Å². The number of fused-ring (bicyclic) bond motifs is 1. The van der Waals surface area contributed by atoms with Crippen molar-refractivity contribution in [3.05, 3.63) is 32.7 Å². The second kappa shape index (κ2) is 6.63. The first kappa shape index (κ1) is 18.0. The van der Waals surface area contributed by atoms with Gasteiger partial charge in [-0.25, -0.2) is 13.6 Å². The maximum absolute atomic E-state index is 15.0. The summed E-state index contributed by atoms with van der Waals surface area (Å²) in [7, 11) is 0. The molecule has 27 heavy (non-hydrogen) atoms. The Hall–Kier alpha value is -2.42. The predicted molar refractivity (Wildman–Crippen MR) is 97.6 cm³/mol. The van der Waals surface area contributed by atoms with Crippen molar-refractivity contribution in [2.24, 2.45) is 11.7 Å². The number of alkyl halides is 1. The van der Waals surface area contributed by atoms with Gasteiger partial charge in [-0.2, -0.15) is 0 Å². The third-order valence-corrected chi connectivity index (χ3v) is 5.50. The fourth-order valence-electron chi connectivity index (χ4n) is 3.93. The number of aromatic nitrogens is 2. The minimum Gasteiger partial charge on any atom is -0.458 e. The SMILES string of the molecule is C[C@H](N)[C@@H]1CCN(c2c(F)cc3c(=O)[nH]c(=O)n(C4CC4)c3c2OCF)C1. The van der Waals surface area contributed by atoms with E-state index in [0.717, 1.165) is 25.3 Å². The Kier molecular flexibility index (Phi) is 4.41. The summed E-state index contributed by atoms with van der Waals surface area (Å²) in [5.74, 6) is -0.598. The van der Waals surface area contributed by atoms with Gasteiger partial charge in [0, 0.05) is 25.2 Å². The molecule has 9 heteroatoms. The summed E-state index contributed by atoms with van der Waals surface area (Å²) in [6, 6.07) is 0.940. The van der Waals surface area contributed by atoms with Crippen LogP contribution in [0.25, 0.3) is 10.9 Å². The van der Waals surface area contributed by atoms with E-state index in [1.54, 1.807) is 4.90 Å². The number of nitrogens with one attached hydrogen (secondary N) is 1. The number of benzene rings is 1. The van der Waals surface area contributed by atoms with Crippen LogP contribution < -0.4 is 26.6 Å². The highest BCUT2D eigenvalue weighted by Crippen LogP contribution is 2.43. The molecule has 146 valence electrons. The molecule has 1 aliphatic heterocycles. The number of ether oxygens (including phenoxy) is 1. The standard InChI is InChI=1S/C18H22F2N4O3/c1-9(21)10-4-5-23(7-10)15-13(20)6-12-14(16(15)27-8-19)24(11-2-3-11)18(26)22-17(12)25/h6,9-11H,2-5,7-8,21H2,1H3,(H,22,25,26)/t9-,10+/m0/s1. The Morgan fingerprint density at radius 2 is 2.11 bits per heavy atom. The molecule has 0 bridgehead atoms. The normalized spacial score (nSPS) is 21.0. The van der Waals surface area contributed by atoms with Gasteiger partial charge in [-0.1, -0.05) is 0 Å². The summed E-state index contributed by atoms with van der Waals surface area (Å²) in [6.45, 7) is 1.74. The largest absolute Gasteiger partial charge is 0.458 e. The van der Waals surface area contributed by atoms with Crippen LogP contribution in [0.2, 0.25) is 0 Å². The lowest BCUT2D eigenvalue weighted by Gasteiger charge is -2.25. The first-order valence-corrected chi connectivity index (χ1v) is 9.12. The molecule has 0 radical (unpaired) electrons. The molecule has 1 aromatic carbocycles. The zero-order chi connectivity index (χ0) is 19.3. The number of nitrogens with two attached hydrogens (primary N) is 1. The Balaban J connectivity index is 1.98. The lowest BCUT2D eigenvalue weighted by Crippen LogP contribution is -2.32. The average molecular weight is 380 g/mol. The van der Waals surface area contributed by atoms with Crippen LogP contribution in [0.3, 0.4) is 0 Å². The molecular weight excluding hydrogens is 358 g/mol. The van der Waals surface area contributed by atoms with Crippen LogP contribution in [0.1, 0.15) is 32.2 Å². The summed E-state index contributed by atoms with van der Waals surface area (Å²) in [4.78, 5) is 28.6. The van der Waals surface area contributed by atoms with Crippen LogP contribution >= 0.6 is 0 Å². The summed E-state index contributed by atoms with van der Waals surface area (Å²) >= 11 is 0. The molecule has 1 aromatic heterocycles. The Morgan fingerprint density at radius 1 is 1.37 bits per heavy atom. The van der Waals surface area contributed by atoms with Crippen molar-refractivity contribution >= 4 is 16.6 Å². The highest BCUT2D eigenvalue weighted by Gasteiger charge is 2.34. The van der Waals surface area contributed by atoms with Crippen molar-refractivity contribution in [1.29, 1.82) is 0 Å². The van der Waals surface area contributed by atoms with Gasteiger partial charge in [0.1, 0.15) is 11.2 Å². The van der Waals surface area contributed by atoms with E-state index in [9.17, 15) is 18.4 Å². The number of hydrogen-bond donors (Lipinski definition) is 2. The van der Waals surface area contributed by atoms with Crippen molar-refractivity contribution < 1.29 is 13.5 Å². The van der Waals surface area contributed by atoms with Crippen LogP contribution in [-0.2, 0) is 0 Å². The van der Waals surface area contributed by atoms with Crippen LogP contribution in [0.4, 0.5) is 14.5 Å². The van der Waals surface area contributed by atoms with Crippen LogP contribution in [-0.4, -0.2) is 35.5 Å². The lowest BCUT2D eigenvalue weighted by molar-refractivity contribution is 0.193. The van der Waals surface area contributed by atoms with Crippen molar-refractivity contribution in [3.63, 3.8) is 0 Å². The average Bonchev–Trinajstić information content (AvgIpc) is 3.32. The van der Waals surface area contributed by atoms with Gasteiger partial charge >= 0.3 is 5.69 Å². The molecule has 0 spiro atoms. The zero-order valence-corrected chi connectivity index (χ0v) is 15.0. The number of halogens is 2. The fraction of sp³-hybridized carbons (Fsp3) is 0.556. The number of nitrogens with zero attached hydrogens (tertiary/aromatic N) is 2. The molecule has 1 saturated heterocycles. The number of rotatable bonds is 5. The Bertz CT molecular complexity index is 997. The lowest BCUT2D eigenvalue weighted by atomic mass is 10.0. The Labute approximate surface area is 153 Å². The molecule has 1 aliphatic carbocycles. The minimum absolute atomic E-state index is 0.0193. The van der Waals surface area contributed by atoms with E-state index in [0.29, 0.717) is 13.1 Å². The van der Waals surface area contributed by atoms with E-state index in [1.807, 2.05) is 6.92 Å². The monoisotopic (exact) mass is 380 g/mol. The van der Waals surface area contributed by atoms with Gasteiger partial charge in [0.2, 0.25) is 6.86 Å². The minimum atomic E-state index is -1.19. The topological polar surface area (TPSA) is 93.4 Å². The molecule has 3 N–H and O–H groups in total. The third-order valence-electron chi connectivity index (χ3n) is 5.50. The van der Waals surface area contributed by atoms with E-state index >= 15 is 0 Å². The highest BCUT2D eigenvalue weighted by atomic mass is 19.1. The Morgan fingerprint density at radius 3 is 2.70 bits per heavy atom. The smallest absolute Gasteiger partial charge is 0.329 e. The van der Waals surface area contributed by atoms with E-state index in [4.69, 9.17) is 10.5 Å². The fourth-order valence-corrected chi connectivity index (χ4v) is 3.93. The molecule has 2 aromatic rings. The maximum Gasteiger partial charge on any atom is 0.329 e. The van der Waals surface area contributed by atoms with Crippen molar-refractivity contribution in [1.82, 2.24) is 9.55 Å². The van der Waals surface area contributed by atoms with Gasteiger partial charge in [-0.15, -0.1) is 0 Å². The van der Waals surface area contributed by atoms with Gasteiger partial charge in [0.05, 0.1) is 5.39 Å². The van der Waals surface area contributed by atoms with Gasteiger partial charge in [0.15, 0.2) is 11.6 Å². The molecular formula is C18H22F2N4O3. The zero-order valence-electron chi connectivity index (χ0n) is 15.0. The molecule has 1 saturated carbocycles. The van der Waals surface area contributed by atoms with Crippen molar-refractivity contribution in [2.75, 3.05) is 24.9 Å². The molecule has 7 nitrogen and oxygen atoms in total. The second-order valence-electron chi connectivity index (χ2n) is 7.40. The first-order valence-electron chi connectivity index (χ1n) is 9.12. The van der Waals surface area contributed by atoms with Gasteiger partial charge in [-0.05, 0) is 38.2 Å². The highest BCUT2D eigenvalue weighted by molar-refractivity contribution is 5.91. The molecule has 2 aliphatic rings. The summed E-state index contributed by atoms with van der Waals surface area (Å²) in [6.07, 6.45) is 2.30. The van der Waals surface area contributed by atoms with E-state index in [1.165, 1.54) is 4.57 Å². The van der Waals surface area contributed by atoms with Crippen LogP contribution in [0.15, 0.2) is 15.7 Å². The van der Waals surface area contributed by atoms with Crippen LogP contribution in [0.5, 0.6) is 5.75 Å². The molecule has 0 amide bonds. The van der Waals surface area contributed by atoms with Gasteiger partial charge in [0.25, 0.3) is 5.56 Å². The van der Waals surface area contributed by atoms with Gasteiger partial charge < -0.3 is 15.4 Å². The maximum atomic E-state index is 15.0. The number of aromatic amines is 1. The van der Waals surface area contributed by atoms with E-state index in [-0.39, 0.29) is 40.3 Å². The summed E-state index contributed by atoms with van der Waals surface area (Å²) in [5, 5.41) is -0.0193. The second-order valence-corrected chi connectivity index (χ2v) is 7.40. The molecule has 2 heterocycles. The summed E-state index contributed by atoms with van der Waals surface area (Å²) in [5.41, 5.74) is 4.91. The molecule has 2 fully saturated rings. The first-order chi connectivity index (χ1) is 12.9. The van der Waals surface area contributed by atoms with E-state index < -0.39 is 23.9 Å². The number of H-pyrrole nitrogens is 1. The molecule has 0 unspecified atom stereocenters. The van der Waals surface area contributed by atoms with Crippen molar-refractivity contribution in [2.45, 2.75) is 38.3 Å².